The minimum Gasteiger partial charge on any atom is -0.493 e. The zero-order valence-electron chi connectivity index (χ0n) is 13.2. The maximum absolute atomic E-state index is 5.98. The van der Waals surface area contributed by atoms with Gasteiger partial charge in [0.2, 0.25) is 0 Å². The van der Waals surface area contributed by atoms with E-state index in [2.05, 4.69) is 30.1 Å². The Hall–Kier alpha value is -1.02. The first-order chi connectivity index (χ1) is 10.3. The van der Waals surface area contributed by atoms with Crippen molar-refractivity contribution in [3.05, 3.63) is 29.3 Å². The maximum atomic E-state index is 5.98. The molecular formula is C19H27NO. The van der Waals surface area contributed by atoms with Crippen molar-refractivity contribution in [3.8, 4) is 5.75 Å². The van der Waals surface area contributed by atoms with E-state index in [-0.39, 0.29) is 0 Å². The van der Waals surface area contributed by atoms with Crippen LogP contribution in [0, 0.1) is 5.92 Å². The topological polar surface area (TPSA) is 12.5 Å². The van der Waals surface area contributed by atoms with Crippen molar-refractivity contribution in [3.63, 3.8) is 0 Å². The summed E-state index contributed by atoms with van der Waals surface area (Å²) >= 11 is 0. The van der Waals surface area contributed by atoms with Gasteiger partial charge in [0.15, 0.2) is 0 Å². The molecule has 2 aliphatic carbocycles. The summed E-state index contributed by atoms with van der Waals surface area (Å²) in [5.74, 6) is 2.70. The molecule has 2 atom stereocenters. The monoisotopic (exact) mass is 285 g/mol. The zero-order chi connectivity index (χ0) is 14.2. The van der Waals surface area contributed by atoms with Crippen molar-refractivity contribution < 1.29 is 4.74 Å². The van der Waals surface area contributed by atoms with Gasteiger partial charge in [-0.2, -0.15) is 0 Å². The number of fused-ring (bicyclic) bond motifs is 1. The minimum atomic E-state index is 0.759. The first-order valence-corrected chi connectivity index (χ1v) is 8.75. The highest BCUT2D eigenvalue weighted by molar-refractivity contribution is 5.41. The van der Waals surface area contributed by atoms with Crippen molar-refractivity contribution >= 4 is 0 Å². The molecule has 1 saturated heterocycles. The quantitative estimate of drug-likeness (QED) is 0.811. The van der Waals surface area contributed by atoms with E-state index in [1.165, 1.54) is 51.5 Å². The predicted octanol–water partition coefficient (Wildman–Crippen LogP) is 3.99. The second kappa shape index (κ2) is 5.64. The highest BCUT2D eigenvalue weighted by atomic mass is 16.5. The highest BCUT2D eigenvalue weighted by Crippen LogP contribution is 2.40. The molecule has 0 aromatic heterocycles. The molecule has 0 spiro atoms. The first kappa shape index (κ1) is 13.6. The number of nitrogens with zero attached hydrogens (tertiary/aromatic N) is 1. The van der Waals surface area contributed by atoms with Crippen molar-refractivity contribution in [2.24, 2.45) is 5.92 Å². The second-order valence-electron chi connectivity index (χ2n) is 7.36. The van der Waals surface area contributed by atoms with Gasteiger partial charge < -0.3 is 9.64 Å². The van der Waals surface area contributed by atoms with Crippen LogP contribution >= 0.6 is 0 Å². The number of hydrogen-bond donors (Lipinski definition) is 0. The lowest BCUT2D eigenvalue weighted by Crippen LogP contribution is -2.26. The average Bonchev–Trinajstić information content (AvgIpc) is 3.13. The van der Waals surface area contributed by atoms with Gasteiger partial charge in [-0.1, -0.05) is 6.07 Å². The van der Waals surface area contributed by atoms with Gasteiger partial charge >= 0.3 is 0 Å². The Labute approximate surface area is 128 Å². The number of aryl methyl sites for hydroxylation is 1. The molecule has 1 aliphatic heterocycles. The van der Waals surface area contributed by atoms with E-state index in [4.69, 9.17) is 4.74 Å². The van der Waals surface area contributed by atoms with Gasteiger partial charge in [-0.3, -0.25) is 0 Å². The molecule has 4 rings (SSSR count). The maximum Gasteiger partial charge on any atom is 0.119 e. The summed E-state index contributed by atoms with van der Waals surface area (Å²) in [4.78, 5) is 2.56. The molecular weight excluding hydrogens is 258 g/mol. The molecule has 21 heavy (non-hydrogen) atoms. The van der Waals surface area contributed by atoms with Gasteiger partial charge in [-0.05, 0) is 93.6 Å². The molecule has 3 aliphatic rings. The van der Waals surface area contributed by atoms with E-state index in [0.29, 0.717) is 0 Å². The summed E-state index contributed by atoms with van der Waals surface area (Å²) in [5.41, 5.74) is 3.16. The first-order valence-electron chi connectivity index (χ1n) is 8.75. The molecule has 2 fully saturated rings. The van der Waals surface area contributed by atoms with Crippen LogP contribution in [-0.2, 0) is 6.42 Å². The normalized spacial score (nSPS) is 28.8. The van der Waals surface area contributed by atoms with Crippen molar-refractivity contribution in [2.45, 2.75) is 56.9 Å². The van der Waals surface area contributed by atoms with Crippen molar-refractivity contribution in [1.82, 2.24) is 4.90 Å². The van der Waals surface area contributed by atoms with E-state index in [1.54, 1.807) is 11.1 Å². The fourth-order valence-electron chi connectivity index (χ4n) is 4.10. The number of likely N-dealkylation sites (tertiary alicyclic amines) is 1. The standard InChI is InChI=1S/C19H27NO/c1-20-10-2-3-17(20)11-16-7-6-15-8-9-18(12-19(15)16)21-13-14-4-5-14/h8-9,12,14,16-17H,2-7,10-11,13H2,1H3/t16?,17-/m1/s1. The van der Waals surface area contributed by atoms with Gasteiger partial charge in [0, 0.05) is 6.04 Å². The molecule has 0 N–H and O–H groups in total. The lowest BCUT2D eigenvalue weighted by atomic mass is 9.92. The zero-order valence-corrected chi connectivity index (χ0v) is 13.2. The van der Waals surface area contributed by atoms with E-state index in [0.717, 1.165) is 30.2 Å². The fraction of sp³-hybridized carbons (Fsp3) is 0.684. The van der Waals surface area contributed by atoms with E-state index in [9.17, 15) is 0 Å². The molecule has 2 heteroatoms. The Morgan fingerprint density at radius 1 is 1.19 bits per heavy atom. The fourth-order valence-corrected chi connectivity index (χ4v) is 4.10. The van der Waals surface area contributed by atoms with Crippen molar-refractivity contribution in [1.29, 1.82) is 0 Å². The number of ether oxygens (including phenoxy) is 1. The highest BCUT2D eigenvalue weighted by Gasteiger charge is 2.29. The van der Waals surface area contributed by atoms with Crippen LogP contribution in [0.1, 0.15) is 55.6 Å². The Kier molecular flexibility index (Phi) is 3.66. The number of hydrogen-bond acceptors (Lipinski definition) is 2. The van der Waals surface area contributed by atoms with Gasteiger partial charge in [0.05, 0.1) is 6.61 Å². The summed E-state index contributed by atoms with van der Waals surface area (Å²) in [6, 6.07) is 7.66. The summed E-state index contributed by atoms with van der Waals surface area (Å²) in [5, 5.41) is 0. The summed E-state index contributed by atoms with van der Waals surface area (Å²) in [6.07, 6.45) is 9.44. The summed E-state index contributed by atoms with van der Waals surface area (Å²) in [7, 11) is 2.29. The molecule has 1 heterocycles. The van der Waals surface area contributed by atoms with Crippen LogP contribution in [0.25, 0.3) is 0 Å². The van der Waals surface area contributed by atoms with Crippen LogP contribution in [-0.4, -0.2) is 31.1 Å². The van der Waals surface area contributed by atoms with Crippen LogP contribution in [0.15, 0.2) is 18.2 Å². The Morgan fingerprint density at radius 3 is 2.86 bits per heavy atom. The lowest BCUT2D eigenvalue weighted by Gasteiger charge is -2.23. The number of rotatable bonds is 5. The third-order valence-electron chi connectivity index (χ3n) is 5.73. The molecule has 114 valence electrons. The van der Waals surface area contributed by atoms with Crippen LogP contribution in [0.3, 0.4) is 0 Å². The summed E-state index contributed by atoms with van der Waals surface area (Å²) < 4.78 is 5.98. The SMILES string of the molecule is CN1CCC[C@@H]1CC1CCc2ccc(OCC3CC3)cc21. The average molecular weight is 285 g/mol. The van der Waals surface area contributed by atoms with Gasteiger partial charge in [0.1, 0.15) is 5.75 Å². The molecule has 0 radical (unpaired) electrons. The third-order valence-corrected chi connectivity index (χ3v) is 5.73. The molecule has 1 saturated carbocycles. The largest absolute Gasteiger partial charge is 0.493 e. The Morgan fingerprint density at radius 2 is 2.10 bits per heavy atom. The van der Waals surface area contributed by atoms with Gasteiger partial charge in [-0.25, -0.2) is 0 Å². The Balaban J connectivity index is 1.45. The molecule has 1 aromatic rings. The third kappa shape index (κ3) is 2.96. The lowest BCUT2D eigenvalue weighted by molar-refractivity contribution is 0.280. The van der Waals surface area contributed by atoms with E-state index in [1.807, 2.05) is 0 Å². The van der Waals surface area contributed by atoms with Crippen LogP contribution < -0.4 is 4.74 Å². The molecule has 2 nitrogen and oxygen atoms in total. The van der Waals surface area contributed by atoms with Crippen LogP contribution in [0.4, 0.5) is 0 Å². The molecule has 0 amide bonds. The Bertz CT molecular complexity index is 508. The molecule has 0 bridgehead atoms. The van der Waals surface area contributed by atoms with E-state index >= 15 is 0 Å². The molecule has 1 unspecified atom stereocenters. The van der Waals surface area contributed by atoms with Gasteiger partial charge in [-0.15, -0.1) is 0 Å². The van der Waals surface area contributed by atoms with Crippen LogP contribution in [0.5, 0.6) is 5.75 Å². The minimum absolute atomic E-state index is 0.759. The van der Waals surface area contributed by atoms with E-state index < -0.39 is 0 Å². The molecule has 1 aromatic carbocycles. The second-order valence-corrected chi connectivity index (χ2v) is 7.36. The number of benzene rings is 1. The predicted molar refractivity (Wildman–Crippen MR) is 86.0 cm³/mol. The van der Waals surface area contributed by atoms with Crippen LogP contribution in [0.2, 0.25) is 0 Å². The summed E-state index contributed by atoms with van der Waals surface area (Å²) in [6.45, 7) is 2.21. The van der Waals surface area contributed by atoms with Gasteiger partial charge in [0.25, 0.3) is 0 Å². The smallest absolute Gasteiger partial charge is 0.119 e. The van der Waals surface area contributed by atoms with Crippen molar-refractivity contribution in [2.75, 3.05) is 20.2 Å².